The molecule has 0 aromatic carbocycles. The van der Waals surface area contributed by atoms with Gasteiger partial charge < -0.3 is 14.7 Å². The summed E-state index contributed by atoms with van der Waals surface area (Å²) in [5, 5.41) is 15.6. The van der Waals surface area contributed by atoms with E-state index in [4.69, 9.17) is 4.74 Å². The second-order valence-electron chi connectivity index (χ2n) is 6.08. The number of hydrogen-bond donors (Lipinski definition) is 1. The zero-order valence-corrected chi connectivity index (χ0v) is 14.3. The van der Waals surface area contributed by atoms with E-state index in [2.05, 4.69) is 10.3 Å². The van der Waals surface area contributed by atoms with Crippen molar-refractivity contribution in [2.45, 2.75) is 43.0 Å². The number of ether oxygens (including phenoxy) is 1. The normalized spacial score (nSPS) is 29.8. The van der Waals surface area contributed by atoms with E-state index in [0.717, 1.165) is 9.58 Å². The molecule has 3 heterocycles. The predicted octanol–water partition coefficient (Wildman–Crippen LogP) is -1.35. The van der Waals surface area contributed by atoms with Gasteiger partial charge in [0.2, 0.25) is 5.91 Å². The minimum atomic E-state index is -3.95. The number of aliphatic carboxylic acids is 1. The summed E-state index contributed by atoms with van der Waals surface area (Å²) in [7, 11) is -3.95. The average molecular weight is 372 g/mol. The summed E-state index contributed by atoms with van der Waals surface area (Å²) in [5.74, 6) is -2.65. The number of rotatable bonds is 5. The summed E-state index contributed by atoms with van der Waals surface area (Å²) in [5.41, 5.74) is -0.118. The lowest BCUT2D eigenvalue weighted by molar-refractivity contribution is -0.157. The third-order valence-electron chi connectivity index (χ3n) is 4.55. The Morgan fingerprint density at radius 1 is 1.48 bits per heavy atom. The number of nitrogens with zero attached hydrogens (tertiary/aromatic N) is 4. The molecule has 0 bridgehead atoms. The highest BCUT2D eigenvalue weighted by atomic mass is 32.2. The van der Waals surface area contributed by atoms with Gasteiger partial charge in [0.1, 0.15) is 10.1 Å². The Morgan fingerprint density at radius 3 is 2.72 bits per heavy atom. The van der Waals surface area contributed by atoms with E-state index in [1.165, 1.54) is 13.1 Å². The van der Waals surface area contributed by atoms with Crippen LogP contribution in [0.5, 0.6) is 0 Å². The molecule has 1 amide bonds. The first-order valence-electron chi connectivity index (χ1n) is 7.48. The van der Waals surface area contributed by atoms with Gasteiger partial charge in [-0.2, -0.15) is 0 Å². The third-order valence-corrected chi connectivity index (χ3v) is 7.31. The van der Waals surface area contributed by atoms with E-state index in [0.29, 0.717) is 0 Å². The van der Waals surface area contributed by atoms with Crippen LogP contribution < -0.4 is 0 Å². The van der Waals surface area contributed by atoms with Gasteiger partial charge in [-0.1, -0.05) is 5.21 Å². The smallest absolute Gasteiger partial charge is 0.360 e. The standard InChI is InChI=1S/C13H16N4O7S/c1-3-24-12(21)7-5-16(15-14-7)6-13(2)10(11(19)20)17-8(18)4-9(17)25(13,22)23/h5,9-10H,3-4,6H2,1-2H3,(H,19,20)/t9-,10+,13+/m1/s1. The van der Waals surface area contributed by atoms with E-state index in [-0.39, 0.29) is 25.3 Å². The van der Waals surface area contributed by atoms with Crippen LogP contribution in [0.2, 0.25) is 0 Å². The van der Waals surface area contributed by atoms with Gasteiger partial charge in [0.05, 0.1) is 25.8 Å². The highest BCUT2D eigenvalue weighted by molar-refractivity contribution is 7.93. The Balaban J connectivity index is 1.95. The van der Waals surface area contributed by atoms with Gasteiger partial charge in [-0.25, -0.2) is 22.7 Å². The number of aromatic nitrogens is 3. The Labute approximate surface area is 142 Å². The molecule has 12 heteroatoms. The molecular weight excluding hydrogens is 356 g/mol. The fourth-order valence-electron chi connectivity index (χ4n) is 3.28. The number of amides is 1. The van der Waals surface area contributed by atoms with Crippen molar-refractivity contribution in [3.8, 4) is 0 Å². The number of carbonyl (C=O) groups excluding carboxylic acids is 2. The van der Waals surface area contributed by atoms with Crippen molar-refractivity contribution in [1.29, 1.82) is 0 Å². The largest absolute Gasteiger partial charge is 0.480 e. The van der Waals surface area contributed by atoms with Crippen LogP contribution in [0.3, 0.4) is 0 Å². The molecule has 3 atom stereocenters. The first-order chi connectivity index (χ1) is 11.6. The monoisotopic (exact) mass is 372 g/mol. The molecule has 136 valence electrons. The molecule has 2 fully saturated rings. The van der Waals surface area contributed by atoms with Crippen molar-refractivity contribution in [3.05, 3.63) is 11.9 Å². The molecule has 2 aliphatic rings. The summed E-state index contributed by atoms with van der Waals surface area (Å²) >= 11 is 0. The van der Waals surface area contributed by atoms with Gasteiger partial charge in [0.15, 0.2) is 21.6 Å². The van der Waals surface area contributed by atoms with Crippen LogP contribution in [-0.2, 0) is 30.7 Å². The second kappa shape index (κ2) is 5.51. The lowest BCUT2D eigenvalue weighted by Gasteiger charge is -2.35. The minimum Gasteiger partial charge on any atom is -0.480 e. The second-order valence-corrected chi connectivity index (χ2v) is 8.65. The fraction of sp³-hybridized carbons (Fsp3) is 0.615. The average Bonchev–Trinajstić information content (AvgIpc) is 3.01. The first-order valence-corrected chi connectivity index (χ1v) is 9.02. The Morgan fingerprint density at radius 2 is 2.16 bits per heavy atom. The number of β-lactam (4-membered cyclic amide) rings is 1. The van der Waals surface area contributed by atoms with Gasteiger partial charge in [-0.3, -0.25) is 4.79 Å². The van der Waals surface area contributed by atoms with Crippen LogP contribution in [0.4, 0.5) is 0 Å². The molecule has 0 saturated carbocycles. The van der Waals surface area contributed by atoms with E-state index < -0.39 is 43.8 Å². The zero-order chi connectivity index (χ0) is 18.6. The van der Waals surface area contributed by atoms with Crippen LogP contribution in [0.1, 0.15) is 30.8 Å². The molecular formula is C13H16N4O7S. The number of carbonyl (C=O) groups is 3. The maximum absolute atomic E-state index is 12.8. The summed E-state index contributed by atoms with van der Waals surface area (Å²) in [4.78, 5) is 35.9. The van der Waals surface area contributed by atoms with E-state index in [1.54, 1.807) is 6.92 Å². The molecule has 25 heavy (non-hydrogen) atoms. The molecule has 1 N–H and O–H groups in total. The van der Waals surface area contributed by atoms with Crippen LogP contribution in [0.15, 0.2) is 6.20 Å². The summed E-state index contributed by atoms with van der Waals surface area (Å²) in [6.07, 6.45) is 0.961. The lowest BCUT2D eigenvalue weighted by atomic mass is 9.96. The van der Waals surface area contributed by atoms with Crippen molar-refractivity contribution in [2.75, 3.05) is 6.61 Å². The van der Waals surface area contributed by atoms with Crippen LogP contribution in [0.25, 0.3) is 0 Å². The van der Waals surface area contributed by atoms with Crippen molar-refractivity contribution in [3.63, 3.8) is 0 Å². The molecule has 0 unspecified atom stereocenters. The first kappa shape index (κ1) is 17.3. The predicted molar refractivity (Wildman–Crippen MR) is 80.0 cm³/mol. The molecule has 1 aromatic rings. The Bertz CT molecular complexity index is 863. The molecule has 1 aromatic heterocycles. The van der Waals surface area contributed by atoms with Crippen molar-refractivity contribution in [2.24, 2.45) is 0 Å². The van der Waals surface area contributed by atoms with Gasteiger partial charge in [0.25, 0.3) is 0 Å². The number of fused-ring (bicyclic) bond motifs is 1. The topological polar surface area (TPSA) is 149 Å². The van der Waals surface area contributed by atoms with Crippen LogP contribution >= 0.6 is 0 Å². The molecule has 0 aliphatic carbocycles. The highest BCUT2D eigenvalue weighted by Gasteiger charge is 2.70. The van der Waals surface area contributed by atoms with Gasteiger partial charge in [-0.05, 0) is 13.8 Å². The number of carboxylic acids is 1. The van der Waals surface area contributed by atoms with E-state index >= 15 is 0 Å². The van der Waals surface area contributed by atoms with Gasteiger partial charge >= 0.3 is 11.9 Å². The number of sulfone groups is 1. The van der Waals surface area contributed by atoms with Crippen molar-refractivity contribution in [1.82, 2.24) is 19.9 Å². The quantitative estimate of drug-likeness (QED) is 0.489. The molecule has 2 saturated heterocycles. The van der Waals surface area contributed by atoms with Gasteiger partial charge in [-0.15, -0.1) is 5.10 Å². The van der Waals surface area contributed by atoms with Crippen LogP contribution in [0, 0.1) is 0 Å². The molecule has 3 rings (SSSR count). The van der Waals surface area contributed by atoms with Gasteiger partial charge in [0, 0.05) is 0 Å². The zero-order valence-electron chi connectivity index (χ0n) is 13.4. The number of esters is 1. The number of carboxylic acid groups (broad SMARTS) is 1. The molecule has 11 nitrogen and oxygen atoms in total. The molecule has 0 radical (unpaired) electrons. The van der Waals surface area contributed by atoms with E-state index in [9.17, 15) is 27.9 Å². The summed E-state index contributed by atoms with van der Waals surface area (Å²) in [6, 6.07) is -1.53. The maximum Gasteiger partial charge on any atom is 0.360 e. The van der Waals surface area contributed by atoms with E-state index in [1.807, 2.05) is 0 Å². The fourth-order valence-corrected chi connectivity index (χ4v) is 5.64. The maximum atomic E-state index is 12.8. The summed E-state index contributed by atoms with van der Waals surface area (Å²) in [6.45, 7) is 2.65. The SMILES string of the molecule is CCOC(=O)c1cn(C[C@@]2(C)[C@H](C(=O)O)N3C(=O)C[C@H]3S2(=O)=O)nn1. The molecule has 2 aliphatic heterocycles. The number of hydrogen-bond acceptors (Lipinski definition) is 8. The van der Waals surface area contributed by atoms with Crippen LogP contribution in [-0.4, -0.2) is 74.0 Å². The third kappa shape index (κ3) is 2.31. The van der Waals surface area contributed by atoms with Crippen molar-refractivity contribution < 1.29 is 32.6 Å². The highest BCUT2D eigenvalue weighted by Crippen LogP contribution is 2.46. The Kier molecular flexibility index (Phi) is 3.82. The Hall–Kier alpha value is -2.50. The molecule has 0 spiro atoms. The minimum absolute atomic E-state index is 0.118. The lowest BCUT2D eigenvalue weighted by Crippen LogP contribution is -2.58. The summed E-state index contributed by atoms with van der Waals surface area (Å²) < 4.78 is 29.6. The van der Waals surface area contributed by atoms with Crippen molar-refractivity contribution >= 4 is 27.7 Å².